The van der Waals surface area contributed by atoms with Crippen LogP contribution >= 0.6 is 0 Å². The van der Waals surface area contributed by atoms with Gasteiger partial charge in [0.2, 0.25) is 0 Å². The van der Waals surface area contributed by atoms with E-state index in [4.69, 9.17) is 9.47 Å². The van der Waals surface area contributed by atoms with E-state index in [0.717, 1.165) is 38.5 Å². The van der Waals surface area contributed by atoms with Crippen LogP contribution in [0.15, 0.2) is 24.3 Å². The highest BCUT2D eigenvalue weighted by atomic mass is 16.5. The minimum absolute atomic E-state index is 0.694. The van der Waals surface area contributed by atoms with Crippen molar-refractivity contribution in [3.63, 3.8) is 0 Å². The van der Waals surface area contributed by atoms with E-state index in [2.05, 4.69) is 24.4 Å². The SMILES string of the molecule is CCCc1ccc(OCCNCCOCC)cc1. The third-order valence-electron chi connectivity index (χ3n) is 2.64. The van der Waals surface area contributed by atoms with Crippen LogP contribution in [0.4, 0.5) is 0 Å². The highest BCUT2D eigenvalue weighted by Gasteiger charge is 1.95. The molecule has 0 unspecified atom stereocenters. The number of rotatable bonds is 10. The Bertz CT molecular complexity index is 298. The van der Waals surface area contributed by atoms with Gasteiger partial charge in [0.05, 0.1) is 6.61 Å². The van der Waals surface area contributed by atoms with E-state index < -0.39 is 0 Å². The number of aryl methyl sites for hydroxylation is 1. The molecule has 0 aromatic heterocycles. The third kappa shape index (κ3) is 6.62. The van der Waals surface area contributed by atoms with E-state index >= 15 is 0 Å². The van der Waals surface area contributed by atoms with Gasteiger partial charge in [0.15, 0.2) is 0 Å². The molecule has 1 aromatic rings. The van der Waals surface area contributed by atoms with Gasteiger partial charge in [-0.3, -0.25) is 0 Å². The fourth-order valence-corrected chi connectivity index (χ4v) is 1.70. The lowest BCUT2D eigenvalue weighted by atomic mass is 10.1. The lowest BCUT2D eigenvalue weighted by Gasteiger charge is -2.08. The van der Waals surface area contributed by atoms with Crippen molar-refractivity contribution in [1.82, 2.24) is 5.32 Å². The third-order valence-corrected chi connectivity index (χ3v) is 2.64. The maximum Gasteiger partial charge on any atom is 0.119 e. The van der Waals surface area contributed by atoms with Crippen molar-refractivity contribution in [3.8, 4) is 5.75 Å². The van der Waals surface area contributed by atoms with Gasteiger partial charge in [-0.1, -0.05) is 25.5 Å². The van der Waals surface area contributed by atoms with Gasteiger partial charge in [0, 0.05) is 19.7 Å². The molecule has 0 bridgehead atoms. The summed E-state index contributed by atoms with van der Waals surface area (Å²) in [6.07, 6.45) is 2.32. The molecule has 0 atom stereocenters. The maximum atomic E-state index is 5.64. The molecule has 0 aliphatic carbocycles. The summed E-state index contributed by atoms with van der Waals surface area (Å²) >= 11 is 0. The normalized spacial score (nSPS) is 10.6. The number of hydrogen-bond acceptors (Lipinski definition) is 3. The van der Waals surface area contributed by atoms with Crippen molar-refractivity contribution in [1.29, 1.82) is 0 Å². The van der Waals surface area contributed by atoms with Crippen molar-refractivity contribution in [2.24, 2.45) is 0 Å². The number of hydrogen-bond donors (Lipinski definition) is 1. The number of nitrogens with one attached hydrogen (secondary N) is 1. The summed E-state index contributed by atoms with van der Waals surface area (Å²) in [7, 11) is 0. The Kier molecular flexibility index (Phi) is 8.26. The summed E-state index contributed by atoms with van der Waals surface area (Å²) in [6.45, 7) is 8.17. The van der Waals surface area contributed by atoms with Crippen LogP contribution in [0, 0.1) is 0 Å². The number of ether oxygens (including phenoxy) is 2. The summed E-state index contributed by atoms with van der Waals surface area (Å²) in [6, 6.07) is 8.37. The molecular weight excluding hydrogens is 226 g/mol. The molecule has 1 aromatic carbocycles. The molecule has 0 aliphatic rings. The lowest BCUT2D eigenvalue weighted by Crippen LogP contribution is -2.24. The van der Waals surface area contributed by atoms with E-state index in [9.17, 15) is 0 Å². The Hall–Kier alpha value is -1.06. The molecule has 0 saturated carbocycles. The molecule has 0 heterocycles. The van der Waals surface area contributed by atoms with Gasteiger partial charge >= 0.3 is 0 Å². The zero-order valence-electron chi connectivity index (χ0n) is 11.6. The molecule has 0 aliphatic heterocycles. The largest absolute Gasteiger partial charge is 0.492 e. The van der Waals surface area contributed by atoms with Gasteiger partial charge in [-0.05, 0) is 31.0 Å². The molecular formula is C15H25NO2. The zero-order chi connectivity index (χ0) is 13.1. The molecule has 1 N–H and O–H groups in total. The fourth-order valence-electron chi connectivity index (χ4n) is 1.70. The van der Waals surface area contributed by atoms with Crippen LogP contribution in [0.1, 0.15) is 25.8 Å². The minimum atomic E-state index is 0.694. The minimum Gasteiger partial charge on any atom is -0.492 e. The summed E-state index contributed by atoms with van der Waals surface area (Å²) in [4.78, 5) is 0. The van der Waals surface area contributed by atoms with Gasteiger partial charge in [0.1, 0.15) is 12.4 Å². The van der Waals surface area contributed by atoms with Gasteiger partial charge in [0.25, 0.3) is 0 Å². The van der Waals surface area contributed by atoms with Gasteiger partial charge in [-0.25, -0.2) is 0 Å². The molecule has 0 radical (unpaired) electrons. The second-order valence-electron chi connectivity index (χ2n) is 4.19. The van der Waals surface area contributed by atoms with Crippen LogP contribution in [-0.4, -0.2) is 32.9 Å². The Morgan fingerprint density at radius 1 is 1.00 bits per heavy atom. The Labute approximate surface area is 110 Å². The van der Waals surface area contributed by atoms with Crippen LogP contribution in [0.3, 0.4) is 0 Å². The smallest absolute Gasteiger partial charge is 0.119 e. The highest BCUT2D eigenvalue weighted by molar-refractivity contribution is 5.27. The molecule has 3 heteroatoms. The van der Waals surface area contributed by atoms with Gasteiger partial charge < -0.3 is 14.8 Å². The van der Waals surface area contributed by atoms with Crippen molar-refractivity contribution in [2.75, 3.05) is 32.9 Å². The Balaban J connectivity index is 2.08. The molecule has 0 fully saturated rings. The zero-order valence-corrected chi connectivity index (χ0v) is 11.6. The fraction of sp³-hybridized carbons (Fsp3) is 0.600. The van der Waals surface area contributed by atoms with E-state index in [1.807, 2.05) is 19.1 Å². The first-order chi connectivity index (χ1) is 8.86. The second kappa shape index (κ2) is 9.92. The summed E-state index contributed by atoms with van der Waals surface area (Å²) in [5.41, 5.74) is 1.37. The van der Waals surface area contributed by atoms with Crippen LogP contribution in [0.5, 0.6) is 5.75 Å². The predicted molar refractivity (Wildman–Crippen MR) is 75.3 cm³/mol. The van der Waals surface area contributed by atoms with Gasteiger partial charge in [-0.15, -0.1) is 0 Å². The van der Waals surface area contributed by atoms with Crippen molar-refractivity contribution in [3.05, 3.63) is 29.8 Å². The molecule has 102 valence electrons. The molecule has 0 saturated heterocycles. The van der Waals surface area contributed by atoms with E-state index in [1.165, 1.54) is 12.0 Å². The first-order valence-electron chi connectivity index (χ1n) is 6.87. The van der Waals surface area contributed by atoms with Gasteiger partial charge in [-0.2, -0.15) is 0 Å². The first kappa shape index (κ1) is 15.0. The maximum absolute atomic E-state index is 5.64. The molecule has 1 rings (SSSR count). The van der Waals surface area contributed by atoms with Crippen molar-refractivity contribution < 1.29 is 9.47 Å². The highest BCUT2D eigenvalue weighted by Crippen LogP contribution is 2.12. The summed E-state index contributed by atoms with van der Waals surface area (Å²) < 4.78 is 10.9. The van der Waals surface area contributed by atoms with E-state index in [1.54, 1.807) is 0 Å². The summed E-state index contributed by atoms with van der Waals surface area (Å²) in [5.74, 6) is 0.946. The average molecular weight is 251 g/mol. The molecule has 3 nitrogen and oxygen atoms in total. The van der Waals surface area contributed by atoms with Crippen LogP contribution in [0.25, 0.3) is 0 Å². The van der Waals surface area contributed by atoms with E-state index in [0.29, 0.717) is 6.61 Å². The van der Waals surface area contributed by atoms with Crippen LogP contribution in [-0.2, 0) is 11.2 Å². The quantitative estimate of drug-likeness (QED) is 0.648. The first-order valence-corrected chi connectivity index (χ1v) is 6.87. The second-order valence-corrected chi connectivity index (χ2v) is 4.19. The monoisotopic (exact) mass is 251 g/mol. The molecule has 0 spiro atoms. The average Bonchev–Trinajstić information content (AvgIpc) is 2.40. The summed E-state index contributed by atoms with van der Waals surface area (Å²) in [5, 5.41) is 3.27. The van der Waals surface area contributed by atoms with Crippen molar-refractivity contribution >= 4 is 0 Å². The van der Waals surface area contributed by atoms with Crippen molar-refractivity contribution in [2.45, 2.75) is 26.7 Å². The van der Waals surface area contributed by atoms with Crippen LogP contribution in [0.2, 0.25) is 0 Å². The predicted octanol–water partition coefficient (Wildman–Crippen LogP) is 2.64. The Morgan fingerprint density at radius 2 is 1.72 bits per heavy atom. The lowest BCUT2D eigenvalue weighted by molar-refractivity contribution is 0.148. The number of benzene rings is 1. The standard InChI is InChI=1S/C15H25NO2/c1-3-5-14-6-8-15(9-7-14)18-13-11-16-10-12-17-4-2/h6-9,16H,3-5,10-13H2,1-2H3. The molecule has 0 amide bonds. The Morgan fingerprint density at radius 3 is 2.39 bits per heavy atom. The van der Waals surface area contributed by atoms with E-state index in [-0.39, 0.29) is 0 Å². The van der Waals surface area contributed by atoms with Crippen LogP contribution < -0.4 is 10.1 Å². The topological polar surface area (TPSA) is 30.5 Å². The molecule has 18 heavy (non-hydrogen) atoms.